The van der Waals surface area contributed by atoms with Crippen LogP contribution in [0.2, 0.25) is 0 Å². The first-order valence-electron chi connectivity index (χ1n) is 7.58. The highest BCUT2D eigenvalue weighted by Crippen LogP contribution is 2.44. The van der Waals surface area contributed by atoms with Gasteiger partial charge in [0.2, 0.25) is 0 Å². The predicted octanol–water partition coefficient (Wildman–Crippen LogP) is 3.29. The van der Waals surface area contributed by atoms with Gasteiger partial charge in [0.15, 0.2) is 0 Å². The third-order valence-electron chi connectivity index (χ3n) is 4.49. The van der Waals surface area contributed by atoms with Gasteiger partial charge in [0, 0.05) is 7.05 Å². The monoisotopic (exact) mass is 305 g/mol. The molecule has 1 fully saturated rings. The molecule has 1 aliphatic rings. The van der Waals surface area contributed by atoms with E-state index in [0.717, 1.165) is 24.8 Å². The molecule has 5 nitrogen and oxygen atoms in total. The Morgan fingerprint density at radius 1 is 1.32 bits per heavy atom. The van der Waals surface area contributed by atoms with Gasteiger partial charge in [0.25, 0.3) is 0 Å². The van der Waals surface area contributed by atoms with E-state index in [1.54, 1.807) is 0 Å². The molecule has 0 aliphatic heterocycles. The van der Waals surface area contributed by atoms with Crippen molar-refractivity contribution in [1.82, 2.24) is 4.90 Å². The summed E-state index contributed by atoms with van der Waals surface area (Å²) >= 11 is 0. The van der Waals surface area contributed by atoms with Crippen LogP contribution in [-0.2, 0) is 16.1 Å². The molecule has 5 heteroatoms. The summed E-state index contributed by atoms with van der Waals surface area (Å²) < 4.78 is 5.21. The van der Waals surface area contributed by atoms with Crippen LogP contribution in [0.25, 0.3) is 0 Å². The maximum Gasteiger partial charge on any atom is 0.410 e. The minimum atomic E-state index is -0.979. The van der Waals surface area contributed by atoms with Gasteiger partial charge >= 0.3 is 12.1 Å². The molecule has 1 aliphatic carbocycles. The number of aliphatic carboxylic acids is 1. The van der Waals surface area contributed by atoms with Crippen LogP contribution in [-0.4, -0.2) is 35.2 Å². The normalized spacial score (nSPS) is 17.2. The van der Waals surface area contributed by atoms with Gasteiger partial charge in [-0.3, -0.25) is 4.90 Å². The van der Waals surface area contributed by atoms with E-state index < -0.39 is 18.1 Å². The molecule has 1 amide bonds. The summed E-state index contributed by atoms with van der Waals surface area (Å²) in [5.41, 5.74) is 0.902. The number of benzene rings is 1. The zero-order valence-corrected chi connectivity index (χ0v) is 13.1. The second-order valence-electron chi connectivity index (χ2n) is 6.37. The van der Waals surface area contributed by atoms with Crippen molar-refractivity contribution < 1.29 is 19.4 Å². The predicted molar refractivity (Wildman–Crippen MR) is 82.4 cm³/mol. The molecule has 0 unspecified atom stereocenters. The molecule has 1 N–H and O–H groups in total. The quantitative estimate of drug-likeness (QED) is 0.875. The molecule has 0 aromatic heterocycles. The number of carboxylic acid groups (broad SMARTS) is 1. The fourth-order valence-corrected chi connectivity index (χ4v) is 2.79. The molecule has 22 heavy (non-hydrogen) atoms. The van der Waals surface area contributed by atoms with Gasteiger partial charge in [-0.15, -0.1) is 0 Å². The zero-order valence-electron chi connectivity index (χ0n) is 13.1. The fraction of sp³-hybridized carbons (Fsp3) is 0.529. The van der Waals surface area contributed by atoms with Crippen LogP contribution in [0.15, 0.2) is 30.3 Å². The molecule has 0 saturated heterocycles. The second-order valence-corrected chi connectivity index (χ2v) is 6.37. The molecule has 0 radical (unpaired) electrons. The van der Waals surface area contributed by atoms with Crippen LogP contribution in [0.3, 0.4) is 0 Å². The average molecular weight is 305 g/mol. The standard InChI is InChI=1S/C17H23NO4/c1-17(9-6-10-17)11-14(15(19)20)18(2)16(21)22-12-13-7-4-3-5-8-13/h3-5,7-8,14H,6,9-12H2,1-2H3,(H,19,20)/t14-/m1/s1. The Kier molecular flexibility index (Phi) is 5.06. The van der Waals surface area contributed by atoms with E-state index in [1.165, 1.54) is 11.9 Å². The van der Waals surface area contributed by atoms with Crippen molar-refractivity contribution in [3.63, 3.8) is 0 Å². The third kappa shape index (κ3) is 4.00. The summed E-state index contributed by atoms with van der Waals surface area (Å²) in [6.07, 6.45) is 3.04. The van der Waals surface area contributed by atoms with Gasteiger partial charge in [0.05, 0.1) is 0 Å². The summed E-state index contributed by atoms with van der Waals surface area (Å²) in [6.45, 7) is 2.23. The molecular weight excluding hydrogens is 282 g/mol. The van der Waals surface area contributed by atoms with E-state index in [1.807, 2.05) is 30.3 Å². The van der Waals surface area contributed by atoms with Crippen molar-refractivity contribution in [3.05, 3.63) is 35.9 Å². The Morgan fingerprint density at radius 2 is 1.95 bits per heavy atom. The van der Waals surface area contributed by atoms with Gasteiger partial charge in [-0.1, -0.05) is 43.7 Å². The highest BCUT2D eigenvalue weighted by Gasteiger charge is 2.39. The first kappa shape index (κ1) is 16.3. The van der Waals surface area contributed by atoms with Crippen LogP contribution < -0.4 is 0 Å². The molecule has 2 rings (SSSR count). The second kappa shape index (κ2) is 6.81. The number of carbonyl (C=O) groups is 2. The Hall–Kier alpha value is -2.04. The van der Waals surface area contributed by atoms with Gasteiger partial charge < -0.3 is 9.84 Å². The summed E-state index contributed by atoms with van der Waals surface area (Å²) in [6, 6.07) is 8.49. The van der Waals surface area contributed by atoms with Crippen LogP contribution in [0.1, 0.15) is 38.2 Å². The summed E-state index contributed by atoms with van der Waals surface area (Å²) in [5, 5.41) is 9.41. The Labute approximate surface area is 130 Å². The van der Waals surface area contributed by atoms with Crippen molar-refractivity contribution >= 4 is 12.1 Å². The lowest BCUT2D eigenvalue weighted by Crippen LogP contribution is -2.46. The molecule has 0 bridgehead atoms. The van der Waals surface area contributed by atoms with E-state index in [9.17, 15) is 14.7 Å². The molecule has 1 atom stereocenters. The van der Waals surface area contributed by atoms with Crippen LogP contribution in [0.5, 0.6) is 0 Å². The van der Waals surface area contributed by atoms with Crippen LogP contribution in [0, 0.1) is 5.41 Å². The van der Waals surface area contributed by atoms with Crippen molar-refractivity contribution in [2.45, 2.75) is 45.3 Å². The summed E-state index contributed by atoms with van der Waals surface area (Å²) in [4.78, 5) is 24.8. The third-order valence-corrected chi connectivity index (χ3v) is 4.49. The number of hydrogen-bond donors (Lipinski definition) is 1. The number of nitrogens with zero attached hydrogens (tertiary/aromatic N) is 1. The van der Waals surface area contributed by atoms with Gasteiger partial charge in [0.1, 0.15) is 12.6 Å². The first-order chi connectivity index (χ1) is 10.4. The first-order valence-corrected chi connectivity index (χ1v) is 7.58. The highest BCUT2D eigenvalue weighted by molar-refractivity contribution is 5.79. The average Bonchev–Trinajstić information content (AvgIpc) is 2.48. The Morgan fingerprint density at radius 3 is 2.45 bits per heavy atom. The largest absolute Gasteiger partial charge is 0.480 e. The number of ether oxygens (including phenoxy) is 1. The lowest BCUT2D eigenvalue weighted by Gasteiger charge is -2.41. The number of amides is 1. The topological polar surface area (TPSA) is 66.8 Å². The molecular formula is C17H23NO4. The zero-order chi connectivity index (χ0) is 16.2. The van der Waals surface area contributed by atoms with Gasteiger partial charge in [-0.25, -0.2) is 9.59 Å². The number of hydrogen-bond acceptors (Lipinski definition) is 3. The van der Waals surface area contributed by atoms with Crippen LogP contribution in [0.4, 0.5) is 4.79 Å². The smallest absolute Gasteiger partial charge is 0.410 e. The van der Waals surface area contributed by atoms with Crippen molar-refractivity contribution in [1.29, 1.82) is 0 Å². The van der Waals surface area contributed by atoms with Crippen molar-refractivity contribution in [2.75, 3.05) is 7.05 Å². The van der Waals surface area contributed by atoms with E-state index in [-0.39, 0.29) is 12.0 Å². The van der Waals surface area contributed by atoms with Gasteiger partial charge in [-0.05, 0) is 30.2 Å². The number of carbonyl (C=O) groups excluding carboxylic acids is 1. The van der Waals surface area contributed by atoms with E-state index in [0.29, 0.717) is 6.42 Å². The molecule has 120 valence electrons. The van der Waals surface area contributed by atoms with E-state index in [4.69, 9.17) is 4.74 Å². The molecule has 0 heterocycles. The fourth-order valence-electron chi connectivity index (χ4n) is 2.79. The van der Waals surface area contributed by atoms with Gasteiger partial charge in [-0.2, -0.15) is 0 Å². The molecule has 1 aromatic rings. The number of likely N-dealkylation sites (N-methyl/N-ethyl adjacent to an activating group) is 1. The maximum absolute atomic E-state index is 12.1. The highest BCUT2D eigenvalue weighted by atomic mass is 16.6. The molecule has 0 spiro atoms. The minimum absolute atomic E-state index is 0.0248. The number of rotatable bonds is 6. The SMILES string of the molecule is CN(C(=O)OCc1ccccc1)[C@H](CC1(C)CCC1)C(=O)O. The van der Waals surface area contributed by atoms with E-state index in [2.05, 4.69) is 6.92 Å². The molecule has 1 saturated carbocycles. The minimum Gasteiger partial charge on any atom is -0.480 e. The molecule has 1 aromatic carbocycles. The lowest BCUT2D eigenvalue weighted by atomic mass is 9.67. The maximum atomic E-state index is 12.1. The lowest BCUT2D eigenvalue weighted by molar-refractivity contribution is -0.144. The van der Waals surface area contributed by atoms with Crippen molar-refractivity contribution in [2.24, 2.45) is 5.41 Å². The Bertz CT molecular complexity index is 525. The van der Waals surface area contributed by atoms with E-state index >= 15 is 0 Å². The number of carboxylic acids is 1. The summed E-state index contributed by atoms with van der Waals surface area (Å²) in [7, 11) is 1.49. The Balaban J connectivity index is 1.92. The van der Waals surface area contributed by atoms with Crippen LogP contribution >= 0.6 is 0 Å². The van der Waals surface area contributed by atoms with Crippen molar-refractivity contribution in [3.8, 4) is 0 Å². The summed E-state index contributed by atoms with van der Waals surface area (Å²) in [5.74, 6) is -0.979.